The van der Waals surface area contributed by atoms with Gasteiger partial charge in [0.25, 0.3) is 0 Å². The van der Waals surface area contributed by atoms with E-state index < -0.39 is 0 Å². The normalized spacial score (nSPS) is 10.9. The van der Waals surface area contributed by atoms with Crippen LogP contribution in [0.1, 0.15) is 19.5 Å². The topological polar surface area (TPSA) is 30.7 Å². The second-order valence-corrected chi connectivity index (χ2v) is 5.92. The van der Waals surface area contributed by atoms with E-state index in [-0.39, 0.29) is 0 Å². The van der Waals surface area contributed by atoms with E-state index in [1.165, 1.54) is 0 Å². The first-order valence-corrected chi connectivity index (χ1v) is 9.94. The molecular formula is C9H11BrClIN3P. The number of rotatable bonds is 1. The summed E-state index contributed by atoms with van der Waals surface area (Å²) in [5, 5.41) is 5.94. The van der Waals surface area contributed by atoms with Crippen LogP contribution in [0.25, 0.3) is 10.9 Å². The van der Waals surface area contributed by atoms with Gasteiger partial charge < -0.3 is 0 Å². The molecule has 0 saturated carbocycles. The van der Waals surface area contributed by atoms with Crippen LogP contribution in [-0.2, 0) is 0 Å². The quantitative estimate of drug-likeness (QED) is 0.360. The number of nitrogens with zero attached hydrogens (tertiary/aromatic N) is 3. The molecule has 0 N–H and O–H groups in total. The van der Waals surface area contributed by atoms with Gasteiger partial charge in [0, 0.05) is 5.39 Å². The molecule has 1 atom stereocenters. The first-order valence-electron chi connectivity index (χ1n) is 4.71. The van der Waals surface area contributed by atoms with Crippen LogP contribution in [0.4, 0.5) is 0 Å². The van der Waals surface area contributed by atoms with Gasteiger partial charge in [-0.3, -0.25) is 0 Å². The zero-order valence-electron chi connectivity index (χ0n) is 9.05. The van der Waals surface area contributed by atoms with Crippen LogP contribution < -0.4 is 0 Å². The Hall–Kier alpha value is 0.550. The highest BCUT2D eigenvalue weighted by molar-refractivity contribution is 14.2. The van der Waals surface area contributed by atoms with Crippen LogP contribution >= 0.6 is 55.9 Å². The lowest BCUT2D eigenvalue weighted by molar-refractivity contribution is 1.00. The van der Waals surface area contributed by atoms with E-state index in [0.29, 0.717) is 11.5 Å². The Kier molecular flexibility index (Phi) is 5.91. The number of aromatic nitrogens is 3. The molecule has 2 aromatic rings. The standard InChI is InChI=1S/C7H5BrClIN3P.C2H6/c1-3-4-2-5(8)11-7(9)6(4)13(12-3)14-10;1-2/h2,14H,1H3;1-2H3. The predicted octanol–water partition coefficient (Wildman–Crippen LogP) is 4.97. The van der Waals surface area contributed by atoms with Gasteiger partial charge in [0.1, 0.15) is 10.1 Å². The molecule has 2 aromatic heterocycles. The molecular weight excluding hydrogens is 423 g/mol. The van der Waals surface area contributed by atoms with Crippen LogP contribution in [0, 0.1) is 6.92 Å². The Morgan fingerprint density at radius 2 is 2.12 bits per heavy atom. The third-order valence-electron chi connectivity index (χ3n) is 1.85. The monoisotopic (exact) mass is 433 g/mol. The van der Waals surface area contributed by atoms with Gasteiger partial charge in [-0.1, -0.05) is 25.4 Å². The Bertz CT molecular complexity index is 503. The fourth-order valence-electron chi connectivity index (χ4n) is 1.27. The zero-order chi connectivity index (χ0) is 12.3. The van der Waals surface area contributed by atoms with Gasteiger partial charge in [0.15, 0.2) is 5.15 Å². The summed E-state index contributed by atoms with van der Waals surface area (Å²) in [4.78, 5) is 4.15. The van der Waals surface area contributed by atoms with Crippen molar-refractivity contribution in [3.05, 3.63) is 21.5 Å². The molecule has 0 fully saturated rings. The molecule has 0 amide bonds. The summed E-state index contributed by atoms with van der Waals surface area (Å²) in [6.07, 6.45) is 0.534. The van der Waals surface area contributed by atoms with E-state index in [0.717, 1.165) is 21.2 Å². The predicted molar refractivity (Wildman–Crippen MR) is 84.1 cm³/mol. The zero-order valence-corrected chi connectivity index (χ0v) is 14.6. The molecule has 7 heteroatoms. The number of halogens is 3. The van der Waals surface area contributed by atoms with Crippen molar-refractivity contribution in [1.29, 1.82) is 0 Å². The van der Waals surface area contributed by atoms with E-state index in [2.05, 4.69) is 48.1 Å². The third-order valence-corrected chi connectivity index (χ3v) is 4.37. The lowest BCUT2D eigenvalue weighted by Gasteiger charge is -1.99. The van der Waals surface area contributed by atoms with Crippen molar-refractivity contribution in [1.82, 2.24) is 14.5 Å². The van der Waals surface area contributed by atoms with Gasteiger partial charge in [-0.15, -0.1) is 0 Å². The first-order chi connectivity index (χ1) is 7.63. The first kappa shape index (κ1) is 14.6. The van der Waals surface area contributed by atoms with Gasteiger partial charge in [-0.05, 0) is 51.0 Å². The Labute approximate surface area is 123 Å². The third kappa shape index (κ3) is 2.86. The largest absolute Gasteiger partial charge is 0.234 e. The molecule has 2 rings (SSSR count). The summed E-state index contributed by atoms with van der Waals surface area (Å²) in [5.74, 6) is 0. The summed E-state index contributed by atoms with van der Waals surface area (Å²) in [7, 11) is 0. The van der Waals surface area contributed by atoms with Gasteiger partial charge in [-0.25, -0.2) is 9.44 Å². The smallest absolute Gasteiger partial charge is 0.156 e. The molecule has 0 radical (unpaired) electrons. The van der Waals surface area contributed by atoms with Crippen molar-refractivity contribution in [2.24, 2.45) is 0 Å². The second-order valence-electron chi connectivity index (χ2n) is 2.71. The molecule has 0 bridgehead atoms. The molecule has 0 aromatic carbocycles. The van der Waals surface area contributed by atoms with Crippen LogP contribution in [-0.4, -0.2) is 14.5 Å². The average Bonchev–Trinajstić information content (AvgIpc) is 2.59. The lowest BCUT2D eigenvalue weighted by Crippen LogP contribution is -1.86. The number of hydrogen-bond donors (Lipinski definition) is 0. The highest BCUT2D eigenvalue weighted by Gasteiger charge is 2.12. The lowest BCUT2D eigenvalue weighted by atomic mass is 10.3. The van der Waals surface area contributed by atoms with Crippen molar-refractivity contribution < 1.29 is 0 Å². The van der Waals surface area contributed by atoms with Crippen molar-refractivity contribution in [2.45, 2.75) is 20.8 Å². The molecule has 88 valence electrons. The maximum atomic E-state index is 6.06. The van der Waals surface area contributed by atoms with Crippen LogP contribution in [0.2, 0.25) is 5.15 Å². The van der Waals surface area contributed by atoms with Crippen LogP contribution in [0.15, 0.2) is 10.7 Å². The molecule has 0 aliphatic carbocycles. The average molecular weight is 434 g/mol. The number of hydrogen-bond acceptors (Lipinski definition) is 2. The van der Waals surface area contributed by atoms with Crippen molar-refractivity contribution in [2.75, 3.05) is 0 Å². The number of pyridine rings is 1. The maximum absolute atomic E-state index is 6.06. The summed E-state index contributed by atoms with van der Waals surface area (Å²) < 4.78 is 2.63. The van der Waals surface area contributed by atoms with Crippen LogP contribution in [0.5, 0.6) is 0 Å². The molecule has 2 heterocycles. The molecule has 0 saturated heterocycles. The Morgan fingerprint density at radius 3 is 2.69 bits per heavy atom. The van der Waals surface area contributed by atoms with Gasteiger partial charge >= 0.3 is 0 Å². The van der Waals surface area contributed by atoms with E-state index >= 15 is 0 Å². The minimum atomic E-state index is 0.499. The number of fused-ring (bicyclic) bond motifs is 1. The van der Waals surface area contributed by atoms with Crippen molar-refractivity contribution in [3.8, 4) is 0 Å². The van der Waals surface area contributed by atoms with Crippen molar-refractivity contribution in [3.63, 3.8) is 0 Å². The Morgan fingerprint density at radius 1 is 1.50 bits per heavy atom. The molecule has 1 unspecified atom stereocenters. The van der Waals surface area contributed by atoms with Gasteiger partial charge in [0.2, 0.25) is 0 Å². The summed E-state index contributed by atoms with van der Waals surface area (Å²) in [5.41, 5.74) is 1.90. The van der Waals surface area contributed by atoms with E-state index in [9.17, 15) is 0 Å². The molecule has 16 heavy (non-hydrogen) atoms. The maximum Gasteiger partial charge on any atom is 0.156 e. The fourth-order valence-corrected chi connectivity index (χ4v) is 3.67. The molecule has 0 aliphatic rings. The summed E-state index contributed by atoms with van der Waals surface area (Å²) in [6.45, 7) is 5.97. The van der Waals surface area contributed by atoms with E-state index in [4.69, 9.17) is 11.6 Å². The minimum absolute atomic E-state index is 0.499. The highest BCUT2D eigenvalue weighted by Crippen LogP contribution is 2.34. The van der Waals surface area contributed by atoms with E-state index in [1.807, 2.05) is 31.3 Å². The molecule has 0 aliphatic heterocycles. The van der Waals surface area contributed by atoms with E-state index in [1.54, 1.807) is 0 Å². The second kappa shape index (κ2) is 6.47. The van der Waals surface area contributed by atoms with Crippen LogP contribution in [0.3, 0.4) is 0 Å². The SMILES string of the molecule is CC.Cc1nn(PI)c2c(Cl)nc(Br)cc12. The molecule has 0 spiro atoms. The summed E-state index contributed by atoms with van der Waals surface area (Å²) in [6, 6.07) is 1.94. The fraction of sp³-hybridized carbons (Fsp3) is 0.333. The van der Waals surface area contributed by atoms with Gasteiger partial charge in [-0.2, -0.15) is 5.10 Å². The number of aryl methyl sites for hydroxylation is 1. The molecule has 3 nitrogen and oxygen atoms in total. The summed E-state index contributed by atoms with van der Waals surface area (Å²) >= 11 is 11.6. The Balaban J connectivity index is 0.000000606. The van der Waals surface area contributed by atoms with Crippen molar-refractivity contribution >= 4 is 66.8 Å². The van der Waals surface area contributed by atoms with Gasteiger partial charge in [0.05, 0.1) is 12.1 Å². The minimum Gasteiger partial charge on any atom is -0.234 e. The highest BCUT2D eigenvalue weighted by atomic mass is 127.